The smallest absolute Gasteiger partial charge is 0.408 e. The molecule has 0 atom stereocenters. The van der Waals surface area contributed by atoms with E-state index >= 15 is 0 Å². The van der Waals surface area contributed by atoms with Gasteiger partial charge in [0.1, 0.15) is 12.1 Å². The quantitative estimate of drug-likeness (QED) is 0.526. The lowest BCUT2D eigenvalue weighted by Crippen LogP contribution is -2.54. The zero-order chi connectivity index (χ0) is 19.1. The summed E-state index contributed by atoms with van der Waals surface area (Å²) in [7, 11) is 0. The Kier molecular flexibility index (Phi) is 7.20. The highest BCUT2D eigenvalue weighted by Gasteiger charge is 2.24. The lowest BCUT2D eigenvalue weighted by molar-refractivity contribution is 0.0474. The van der Waals surface area contributed by atoms with Crippen LogP contribution in [0.1, 0.15) is 53.3 Å². The van der Waals surface area contributed by atoms with Gasteiger partial charge in [0.15, 0.2) is 11.8 Å². The molecule has 0 radical (unpaired) electrons. The number of hydrogen-bond donors (Lipinski definition) is 3. The summed E-state index contributed by atoms with van der Waals surface area (Å²) in [5.41, 5.74) is -1.06. The van der Waals surface area contributed by atoms with Crippen molar-refractivity contribution in [2.45, 2.75) is 66.2 Å². The van der Waals surface area contributed by atoms with Crippen molar-refractivity contribution in [3.63, 3.8) is 0 Å². The molecule has 0 bridgehead atoms. The summed E-state index contributed by atoms with van der Waals surface area (Å²) in [5, 5.41) is 13.0. The number of aryl methyl sites for hydroxylation is 1. The predicted molar refractivity (Wildman–Crippen MR) is 95.3 cm³/mol. The number of rotatable bonds is 6. The van der Waals surface area contributed by atoms with Crippen LogP contribution in [0.15, 0.2) is 9.52 Å². The third-order valence-electron chi connectivity index (χ3n) is 2.83. The number of hydrogen-bond acceptors (Lipinski definition) is 6. The number of guanidine groups is 1. The van der Waals surface area contributed by atoms with Crippen LogP contribution < -0.4 is 16.0 Å². The first-order valence-corrected chi connectivity index (χ1v) is 8.33. The second kappa shape index (κ2) is 8.68. The van der Waals surface area contributed by atoms with Crippen LogP contribution in [0.2, 0.25) is 0 Å². The fraction of sp³-hybridized carbons (Fsp3) is 0.750. The van der Waals surface area contributed by atoms with Crippen LogP contribution in [-0.4, -0.2) is 46.4 Å². The third-order valence-corrected chi connectivity index (χ3v) is 2.83. The molecule has 3 N–H and O–H groups in total. The Morgan fingerprint density at radius 2 is 1.92 bits per heavy atom. The Balaban J connectivity index is 2.58. The summed E-state index contributed by atoms with van der Waals surface area (Å²) in [6, 6.07) is 0. The number of carbonyl (C=O) groups excluding carboxylic acids is 1. The van der Waals surface area contributed by atoms with Crippen molar-refractivity contribution in [3.05, 3.63) is 11.7 Å². The summed E-state index contributed by atoms with van der Waals surface area (Å²) in [5.74, 6) is 1.62. The van der Waals surface area contributed by atoms with Gasteiger partial charge in [0.2, 0.25) is 5.89 Å². The van der Waals surface area contributed by atoms with Gasteiger partial charge in [0.25, 0.3) is 0 Å². The van der Waals surface area contributed by atoms with Crippen molar-refractivity contribution in [2.24, 2.45) is 4.99 Å². The highest BCUT2D eigenvalue weighted by Crippen LogP contribution is 2.09. The standard InChI is InChI=1S/C16H30N6O3/c1-8-17-13(18-9-12-20-11(2)25-22-12)19-10-16(6,7)21-14(23)24-15(3,4)5/h8-10H2,1-7H3,(H,21,23)(H2,17,18,19). The van der Waals surface area contributed by atoms with Gasteiger partial charge in [-0.15, -0.1) is 0 Å². The van der Waals surface area contributed by atoms with E-state index in [1.54, 1.807) is 6.92 Å². The average Bonchev–Trinajstić information content (AvgIpc) is 2.85. The number of nitrogens with zero attached hydrogens (tertiary/aromatic N) is 3. The second-order valence-electron chi connectivity index (χ2n) is 7.29. The van der Waals surface area contributed by atoms with Crippen molar-refractivity contribution in [1.82, 2.24) is 26.1 Å². The van der Waals surface area contributed by atoms with Crippen molar-refractivity contribution in [2.75, 3.05) is 13.1 Å². The molecular weight excluding hydrogens is 324 g/mol. The zero-order valence-electron chi connectivity index (χ0n) is 16.2. The van der Waals surface area contributed by atoms with Gasteiger partial charge in [-0.1, -0.05) is 5.16 Å². The lowest BCUT2D eigenvalue weighted by atomic mass is 10.1. The summed E-state index contributed by atoms with van der Waals surface area (Å²) in [6.07, 6.45) is -0.455. The summed E-state index contributed by atoms with van der Waals surface area (Å²) in [4.78, 5) is 20.4. The van der Waals surface area contributed by atoms with E-state index in [0.717, 1.165) is 0 Å². The Morgan fingerprint density at radius 3 is 2.44 bits per heavy atom. The van der Waals surface area contributed by atoms with E-state index in [9.17, 15) is 4.79 Å². The number of ether oxygens (including phenoxy) is 1. The first kappa shape index (κ1) is 20.7. The van der Waals surface area contributed by atoms with Crippen LogP contribution in [0.5, 0.6) is 0 Å². The molecule has 0 aromatic carbocycles. The Hall–Kier alpha value is -2.32. The fourth-order valence-electron chi connectivity index (χ4n) is 1.83. The number of carbonyl (C=O) groups is 1. The van der Waals surface area contributed by atoms with Crippen LogP contribution >= 0.6 is 0 Å². The molecule has 0 unspecified atom stereocenters. The van der Waals surface area contributed by atoms with Gasteiger partial charge in [-0.3, -0.25) is 0 Å². The molecule has 0 aliphatic rings. The Bertz CT molecular complexity index is 589. The van der Waals surface area contributed by atoms with E-state index in [1.165, 1.54) is 0 Å². The minimum Gasteiger partial charge on any atom is -0.444 e. The second-order valence-corrected chi connectivity index (χ2v) is 7.29. The number of aromatic nitrogens is 2. The predicted octanol–water partition coefficient (Wildman–Crippen LogP) is 1.74. The van der Waals surface area contributed by atoms with Crippen LogP contribution in [0.4, 0.5) is 4.79 Å². The van der Waals surface area contributed by atoms with Gasteiger partial charge in [-0.25, -0.2) is 9.79 Å². The number of aliphatic imine (C=N–C) groups is 1. The van der Waals surface area contributed by atoms with Gasteiger partial charge >= 0.3 is 6.09 Å². The number of nitrogens with one attached hydrogen (secondary N) is 3. The highest BCUT2D eigenvalue weighted by atomic mass is 16.6. The minimum atomic E-state index is -0.535. The van der Waals surface area contributed by atoms with Gasteiger partial charge in [-0.05, 0) is 41.5 Å². The first-order chi connectivity index (χ1) is 11.5. The Labute approximate surface area is 149 Å². The normalized spacial score (nSPS) is 12.7. The van der Waals surface area contributed by atoms with Gasteiger partial charge in [0, 0.05) is 20.0 Å². The molecule has 0 saturated carbocycles. The summed E-state index contributed by atoms with van der Waals surface area (Å²) in [6.45, 7) is 14.4. The number of amides is 1. The maximum Gasteiger partial charge on any atom is 0.408 e. The largest absolute Gasteiger partial charge is 0.444 e. The molecule has 1 amide bonds. The molecule has 1 rings (SSSR count). The average molecular weight is 354 g/mol. The third kappa shape index (κ3) is 8.92. The van der Waals surface area contributed by atoms with Gasteiger partial charge in [0.05, 0.1) is 5.54 Å². The maximum absolute atomic E-state index is 11.9. The molecule has 0 spiro atoms. The van der Waals surface area contributed by atoms with E-state index in [4.69, 9.17) is 9.26 Å². The van der Waals surface area contributed by atoms with Crippen LogP contribution in [-0.2, 0) is 11.3 Å². The summed E-state index contributed by atoms with van der Waals surface area (Å²) < 4.78 is 10.2. The van der Waals surface area contributed by atoms with E-state index < -0.39 is 17.2 Å². The molecule has 0 aliphatic heterocycles. The van der Waals surface area contributed by atoms with Crippen LogP contribution in [0.25, 0.3) is 0 Å². The van der Waals surface area contributed by atoms with Crippen LogP contribution in [0, 0.1) is 6.92 Å². The summed E-state index contributed by atoms with van der Waals surface area (Å²) >= 11 is 0. The zero-order valence-corrected chi connectivity index (χ0v) is 16.2. The molecule has 0 saturated heterocycles. The number of alkyl carbamates (subject to hydrolysis) is 1. The van der Waals surface area contributed by atoms with E-state index in [0.29, 0.717) is 37.3 Å². The Morgan fingerprint density at radius 1 is 1.24 bits per heavy atom. The van der Waals surface area contributed by atoms with E-state index in [2.05, 4.69) is 31.1 Å². The minimum absolute atomic E-state index is 0.298. The molecule has 142 valence electrons. The molecule has 9 nitrogen and oxygen atoms in total. The molecule has 1 heterocycles. The molecule has 9 heteroatoms. The molecular formula is C16H30N6O3. The monoisotopic (exact) mass is 354 g/mol. The van der Waals surface area contributed by atoms with Crippen molar-refractivity contribution in [1.29, 1.82) is 0 Å². The molecule has 1 aromatic heterocycles. The van der Waals surface area contributed by atoms with Gasteiger partial charge < -0.3 is 25.2 Å². The van der Waals surface area contributed by atoms with Crippen molar-refractivity contribution in [3.8, 4) is 0 Å². The van der Waals surface area contributed by atoms with Crippen LogP contribution in [0.3, 0.4) is 0 Å². The highest BCUT2D eigenvalue weighted by molar-refractivity contribution is 5.79. The van der Waals surface area contributed by atoms with Crippen molar-refractivity contribution >= 4 is 12.1 Å². The van der Waals surface area contributed by atoms with Gasteiger partial charge in [-0.2, -0.15) is 4.98 Å². The maximum atomic E-state index is 11.9. The van der Waals surface area contributed by atoms with E-state index in [1.807, 2.05) is 41.5 Å². The lowest BCUT2D eigenvalue weighted by Gasteiger charge is -2.29. The molecule has 1 aromatic rings. The van der Waals surface area contributed by atoms with Crippen molar-refractivity contribution < 1.29 is 14.1 Å². The molecule has 25 heavy (non-hydrogen) atoms. The molecule has 0 fully saturated rings. The SMILES string of the molecule is CCNC(=NCc1noc(C)n1)NCC(C)(C)NC(=O)OC(C)(C)C. The topological polar surface area (TPSA) is 114 Å². The first-order valence-electron chi connectivity index (χ1n) is 8.33. The molecule has 0 aliphatic carbocycles. The van der Waals surface area contributed by atoms with E-state index in [-0.39, 0.29) is 0 Å². The fourth-order valence-corrected chi connectivity index (χ4v) is 1.83.